The van der Waals surface area contributed by atoms with Crippen LogP contribution in [-0.4, -0.2) is 106 Å². The van der Waals surface area contributed by atoms with Gasteiger partial charge in [0, 0.05) is 37.5 Å². The molecule has 15 heteroatoms. The van der Waals surface area contributed by atoms with Crippen molar-refractivity contribution in [3.05, 3.63) is 71.8 Å². The molecule has 6 aliphatic rings. The Labute approximate surface area is 348 Å². The summed E-state index contributed by atoms with van der Waals surface area (Å²) in [5.41, 5.74) is -6.93. The Bertz CT molecular complexity index is 2070. The number of aliphatic hydroxyl groups is 2. The van der Waals surface area contributed by atoms with Crippen LogP contribution in [0.1, 0.15) is 90.7 Å². The summed E-state index contributed by atoms with van der Waals surface area (Å²) in [6.45, 7) is 15.2. The molecule has 15 nitrogen and oxygen atoms in total. The molecule has 6 fully saturated rings. The van der Waals surface area contributed by atoms with Gasteiger partial charge in [-0.05, 0) is 43.9 Å². The van der Waals surface area contributed by atoms with Crippen LogP contribution in [0.5, 0.6) is 0 Å². The van der Waals surface area contributed by atoms with E-state index in [-0.39, 0.29) is 18.6 Å². The largest absolute Gasteiger partial charge is 0.459 e. The van der Waals surface area contributed by atoms with Crippen LogP contribution in [0.15, 0.2) is 60.7 Å². The molecule has 2 aromatic carbocycles. The standard InChI is InChI=1S/C45H55NO14/c1-22-29-34(55-23(2)47)45-42(9)27(49)20-28-43(21-54-28,58-24(3)48)33(42)36(57-37(51)26-18-14-11-15-19-26)44(45,41(29,7)8)35(59-45)32(22)56-38(52)31(50)30(25-16-12-10-13-17-25)46-39(53)60-40(4,5)6/h10-19,22,27-36,49-50H,20-21H2,1-9H3,(H,46,53)/t22-,27+,28-,29-,30+,31-,32+,33+,34-,35-,36+,42-,43+,44+,45-/m1/s1. The molecule has 0 aromatic heterocycles. The van der Waals surface area contributed by atoms with Gasteiger partial charge in [0.05, 0.1) is 35.6 Å². The smallest absolute Gasteiger partial charge is 0.408 e. The first-order chi connectivity index (χ1) is 28.1. The zero-order valence-electron chi connectivity index (χ0n) is 35.3. The summed E-state index contributed by atoms with van der Waals surface area (Å²) < 4.78 is 44.4. The fourth-order valence-corrected chi connectivity index (χ4v) is 13.0. The predicted octanol–water partition coefficient (Wildman–Crippen LogP) is 4.21. The maximum Gasteiger partial charge on any atom is 0.408 e. The molecule has 3 N–H and O–H groups in total. The first-order valence-corrected chi connectivity index (χ1v) is 20.6. The highest BCUT2D eigenvalue weighted by atomic mass is 16.7. The Morgan fingerprint density at radius 3 is 2.08 bits per heavy atom. The average molecular weight is 834 g/mol. The molecule has 60 heavy (non-hydrogen) atoms. The lowest BCUT2D eigenvalue weighted by Gasteiger charge is -2.69. The van der Waals surface area contributed by atoms with E-state index < -0.39 is 130 Å². The molecule has 8 rings (SSSR count). The van der Waals surface area contributed by atoms with Gasteiger partial charge in [-0.3, -0.25) is 9.59 Å². The van der Waals surface area contributed by atoms with Gasteiger partial charge in [-0.1, -0.05) is 76.2 Å². The minimum atomic E-state index is -1.94. The monoisotopic (exact) mass is 833 g/mol. The number of carbonyl (C=O) groups excluding carboxylic acids is 5. The molecule has 0 unspecified atom stereocenters. The van der Waals surface area contributed by atoms with Crippen LogP contribution in [0.4, 0.5) is 4.79 Å². The van der Waals surface area contributed by atoms with Gasteiger partial charge in [0.25, 0.3) is 0 Å². The van der Waals surface area contributed by atoms with Crippen molar-refractivity contribution >= 4 is 30.0 Å². The number of rotatable bonds is 9. The number of nitrogens with one attached hydrogen (secondary N) is 1. The molecule has 324 valence electrons. The zero-order valence-corrected chi connectivity index (χ0v) is 35.3. The van der Waals surface area contributed by atoms with Crippen LogP contribution in [0, 0.1) is 34.0 Å². The Hall–Kier alpha value is -4.57. The van der Waals surface area contributed by atoms with Gasteiger partial charge in [0.1, 0.15) is 41.7 Å². The lowest BCUT2D eigenvalue weighted by atomic mass is 9.46. The number of amides is 1. The number of esters is 4. The molecule has 2 saturated heterocycles. The summed E-state index contributed by atoms with van der Waals surface area (Å²) in [5.74, 6) is -5.20. The van der Waals surface area contributed by atoms with Crippen molar-refractivity contribution in [2.75, 3.05) is 6.61 Å². The van der Waals surface area contributed by atoms with Crippen molar-refractivity contribution in [2.24, 2.45) is 34.0 Å². The normalized spacial score (nSPS) is 39.8. The minimum absolute atomic E-state index is 0.0368. The number of ether oxygens (including phenoxy) is 7. The molecule has 1 amide bonds. The van der Waals surface area contributed by atoms with E-state index in [0.717, 1.165) is 0 Å². The Morgan fingerprint density at radius 1 is 0.883 bits per heavy atom. The van der Waals surface area contributed by atoms with Gasteiger partial charge in [0.15, 0.2) is 11.7 Å². The summed E-state index contributed by atoms with van der Waals surface area (Å²) in [6, 6.07) is 15.5. The average Bonchev–Trinajstić information content (AvgIpc) is 3.26. The molecule has 2 bridgehead atoms. The van der Waals surface area contributed by atoms with Crippen LogP contribution in [0.3, 0.4) is 0 Å². The number of benzene rings is 2. The third-order valence-electron chi connectivity index (χ3n) is 14.8. The van der Waals surface area contributed by atoms with Crippen LogP contribution in [0.2, 0.25) is 0 Å². The summed E-state index contributed by atoms with van der Waals surface area (Å²) in [5, 5.41) is 26.9. The van der Waals surface area contributed by atoms with E-state index in [9.17, 15) is 34.2 Å². The Morgan fingerprint density at radius 2 is 1.52 bits per heavy atom. The molecule has 4 aliphatic carbocycles. The third-order valence-corrected chi connectivity index (χ3v) is 14.8. The van der Waals surface area contributed by atoms with E-state index in [1.54, 1.807) is 81.4 Å². The highest BCUT2D eigenvalue weighted by Gasteiger charge is 3.02. The van der Waals surface area contributed by atoms with Gasteiger partial charge >= 0.3 is 30.0 Å². The molecule has 2 aromatic rings. The summed E-state index contributed by atoms with van der Waals surface area (Å²) >= 11 is 0. The number of fused-ring (bicyclic) bond motifs is 4. The van der Waals surface area contributed by atoms with E-state index in [1.807, 2.05) is 27.7 Å². The van der Waals surface area contributed by atoms with Gasteiger partial charge in [-0.25, -0.2) is 14.4 Å². The first kappa shape index (κ1) is 42.1. The number of alkyl carbamates (subject to hydrolysis) is 1. The molecule has 0 radical (unpaired) electrons. The number of hydrogen-bond acceptors (Lipinski definition) is 14. The summed E-state index contributed by atoms with van der Waals surface area (Å²) in [7, 11) is 0. The topological polar surface area (TPSA) is 202 Å². The third kappa shape index (κ3) is 5.50. The van der Waals surface area contributed by atoms with Crippen LogP contribution in [-0.2, 0) is 47.5 Å². The Kier molecular flexibility index (Phi) is 9.82. The van der Waals surface area contributed by atoms with Crippen LogP contribution < -0.4 is 5.32 Å². The fraction of sp³-hybridized carbons (Fsp3) is 0.622. The van der Waals surface area contributed by atoms with Crippen molar-refractivity contribution in [1.82, 2.24) is 5.32 Å². The lowest BCUT2D eigenvalue weighted by Crippen LogP contribution is -2.82. The molecule has 4 saturated carbocycles. The maximum absolute atomic E-state index is 14.4. The predicted molar refractivity (Wildman–Crippen MR) is 209 cm³/mol. The van der Waals surface area contributed by atoms with E-state index in [4.69, 9.17) is 33.2 Å². The quantitative estimate of drug-likeness (QED) is 0.240. The van der Waals surface area contributed by atoms with Crippen molar-refractivity contribution in [3.63, 3.8) is 0 Å². The second-order valence-electron chi connectivity index (χ2n) is 19.2. The minimum Gasteiger partial charge on any atom is -0.459 e. The van der Waals surface area contributed by atoms with Gasteiger partial charge in [-0.2, -0.15) is 0 Å². The van der Waals surface area contributed by atoms with Crippen molar-refractivity contribution in [1.29, 1.82) is 0 Å². The number of carbonyl (C=O) groups is 5. The maximum atomic E-state index is 14.4. The Balaban J connectivity index is 1.26. The first-order valence-electron chi connectivity index (χ1n) is 20.6. The van der Waals surface area contributed by atoms with Gasteiger partial charge < -0.3 is 48.7 Å². The van der Waals surface area contributed by atoms with E-state index >= 15 is 0 Å². The SMILES string of the molecule is CC(=O)O[C@@H]1[C@H]2[C@@H](C)[C@H](OC(=O)[C@H](O)[C@@H](NC(=O)OC(C)(C)C)c3ccccc3)[C@H]3O[C@@]14[C@@]1(C)[C@H]([C@H](OC(=O)c5ccccc5)[C@]34C2(C)C)[C@]2(OC(C)=O)CO[C@@H]2C[C@@H]1O. The van der Waals surface area contributed by atoms with Crippen LogP contribution in [0.25, 0.3) is 0 Å². The second kappa shape index (κ2) is 14.0. The summed E-state index contributed by atoms with van der Waals surface area (Å²) in [4.78, 5) is 68.2. The van der Waals surface area contributed by atoms with E-state index in [1.165, 1.54) is 13.8 Å². The van der Waals surface area contributed by atoms with Crippen molar-refractivity contribution < 1.29 is 67.3 Å². The molecule has 1 spiro atoms. The van der Waals surface area contributed by atoms with Crippen molar-refractivity contribution in [2.45, 2.75) is 134 Å². The van der Waals surface area contributed by atoms with Crippen LogP contribution >= 0.6 is 0 Å². The van der Waals surface area contributed by atoms with E-state index in [2.05, 4.69) is 5.32 Å². The number of hydrogen-bond donors (Lipinski definition) is 3. The van der Waals surface area contributed by atoms with E-state index in [0.29, 0.717) is 5.56 Å². The van der Waals surface area contributed by atoms with Gasteiger partial charge in [-0.15, -0.1) is 0 Å². The number of aliphatic hydroxyl groups excluding tert-OH is 2. The lowest BCUT2D eigenvalue weighted by molar-refractivity contribution is -0.408. The molecule has 2 heterocycles. The second-order valence-corrected chi connectivity index (χ2v) is 19.2. The molecular weight excluding hydrogens is 778 g/mol. The summed E-state index contributed by atoms with van der Waals surface area (Å²) in [6.07, 6.45) is -9.23. The van der Waals surface area contributed by atoms with Gasteiger partial charge in [0.2, 0.25) is 0 Å². The fourth-order valence-electron chi connectivity index (χ4n) is 13.0. The highest BCUT2D eigenvalue weighted by Crippen LogP contribution is 2.89. The van der Waals surface area contributed by atoms with Crippen molar-refractivity contribution in [3.8, 4) is 0 Å². The molecular formula is C45H55NO14. The highest BCUT2D eigenvalue weighted by molar-refractivity contribution is 5.89. The molecule has 2 aliphatic heterocycles. The zero-order chi connectivity index (χ0) is 43.5. The molecule has 15 atom stereocenters.